The highest BCUT2D eigenvalue weighted by atomic mass is 16.5. The van der Waals surface area contributed by atoms with Crippen LogP contribution in [0.1, 0.15) is 43.1 Å². The Labute approximate surface area is 175 Å². The van der Waals surface area contributed by atoms with Gasteiger partial charge >= 0.3 is 0 Å². The SMILES string of the molecule is Cc1cccc(OCC(=O)N2[C@@H]3CC[C@H]2CC(c2nc(-c4ccncc4)no2)C3)c1. The molecule has 3 atom stereocenters. The Balaban J connectivity index is 1.24. The summed E-state index contributed by atoms with van der Waals surface area (Å²) in [5.41, 5.74) is 2.01. The maximum Gasteiger partial charge on any atom is 0.261 e. The molecule has 2 saturated heterocycles. The van der Waals surface area contributed by atoms with Gasteiger partial charge in [0.15, 0.2) is 6.61 Å². The van der Waals surface area contributed by atoms with Crippen molar-refractivity contribution in [2.45, 2.75) is 50.6 Å². The predicted octanol–water partition coefficient (Wildman–Crippen LogP) is 3.76. The average Bonchev–Trinajstić information content (AvgIpc) is 3.36. The van der Waals surface area contributed by atoms with E-state index in [1.807, 2.05) is 48.2 Å². The first-order valence-corrected chi connectivity index (χ1v) is 10.4. The summed E-state index contributed by atoms with van der Waals surface area (Å²) in [7, 11) is 0. The molecule has 0 aliphatic carbocycles. The zero-order chi connectivity index (χ0) is 20.5. The summed E-state index contributed by atoms with van der Waals surface area (Å²) in [4.78, 5) is 23.6. The number of nitrogens with zero attached hydrogens (tertiary/aromatic N) is 4. The maximum absolute atomic E-state index is 12.9. The minimum absolute atomic E-state index is 0.0606. The van der Waals surface area contributed by atoms with Gasteiger partial charge in [-0.3, -0.25) is 9.78 Å². The third-order valence-corrected chi connectivity index (χ3v) is 6.10. The first-order valence-electron chi connectivity index (χ1n) is 10.4. The van der Waals surface area contributed by atoms with E-state index in [2.05, 4.69) is 15.1 Å². The molecule has 7 heteroatoms. The molecular formula is C23H24N4O3. The standard InChI is InChI=1S/C23H24N4O3/c1-15-3-2-4-20(11-15)29-14-21(28)27-18-5-6-19(27)13-17(12-18)23-25-22(26-30-23)16-7-9-24-10-8-16/h2-4,7-11,17-19H,5-6,12-14H2,1H3/t17?,18-,19+. The number of amides is 1. The van der Waals surface area contributed by atoms with E-state index < -0.39 is 0 Å². The number of carbonyl (C=O) groups is 1. The van der Waals surface area contributed by atoms with E-state index in [1.54, 1.807) is 12.4 Å². The molecule has 0 radical (unpaired) electrons. The van der Waals surface area contributed by atoms with Gasteiger partial charge in [-0.1, -0.05) is 17.3 Å². The van der Waals surface area contributed by atoms with Crippen molar-refractivity contribution in [2.75, 3.05) is 6.61 Å². The fraction of sp³-hybridized carbons (Fsp3) is 0.391. The molecule has 2 bridgehead atoms. The number of carbonyl (C=O) groups excluding carboxylic acids is 1. The van der Waals surface area contributed by atoms with Crippen molar-refractivity contribution in [2.24, 2.45) is 0 Å². The quantitative estimate of drug-likeness (QED) is 0.644. The van der Waals surface area contributed by atoms with Crippen LogP contribution in [0.15, 0.2) is 53.3 Å². The lowest BCUT2D eigenvalue weighted by molar-refractivity contribution is -0.138. The summed E-state index contributed by atoms with van der Waals surface area (Å²) in [6.45, 7) is 2.09. The molecule has 1 amide bonds. The highest BCUT2D eigenvalue weighted by Crippen LogP contribution is 2.43. The van der Waals surface area contributed by atoms with Crippen LogP contribution in [0.25, 0.3) is 11.4 Å². The topological polar surface area (TPSA) is 81.4 Å². The molecule has 0 saturated carbocycles. The van der Waals surface area contributed by atoms with Crippen molar-refractivity contribution in [1.29, 1.82) is 0 Å². The Kier molecular flexibility index (Phi) is 4.94. The Morgan fingerprint density at radius 3 is 2.67 bits per heavy atom. The minimum Gasteiger partial charge on any atom is -0.484 e. The summed E-state index contributed by atoms with van der Waals surface area (Å²) in [5.74, 6) is 2.24. The largest absolute Gasteiger partial charge is 0.484 e. The van der Waals surface area contributed by atoms with E-state index >= 15 is 0 Å². The second-order valence-electron chi connectivity index (χ2n) is 8.15. The van der Waals surface area contributed by atoms with E-state index in [9.17, 15) is 4.79 Å². The number of fused-ring (bicyclic) bond motifs is 2. The van der Waals surface area contributed by atoms with Gasteiger partial charge in [0.25, 0.3) is 5.91 Å². The van der Waals surface area contributed by atoms with Gasteiger partial charge in [0.1, 0.15) is 5.75 Å². The zero-order valence-electron chi connectivity index (χ0n) is 16.9. The van der Waals surface area contributed by atoms with Crippen molar-refractivity contribution in [1.82, 2.24) is 20.0 Å². The lowest BCUT2D eigenvalue weighted by atomic mass is 9.90. The number of aromatic nitrogens is 3. The molecule has 5 rings (SSSR count). The van der Waals surface area contributed by atoms with Crippen LogP contribution in [0.4, 0.5) is 0 Å². The summed E-state index contributed by atoms with van der Waals surface area (Å²) < 4.78 is 11.3. The van der Waals surface area contributed by atoms with E-state index in [0.29, 0.717) is 11.7 Å². The highest BCUT2D eigenvalue weighted by Gasteiger charge is 2.45. The Morgan fingerprint density at radius 2 is 1.93 bits per heavy atom. The zero-order valence-corrected chi connectivity index (χ0v) is 16.9. The molecule has 3 aromatic rings. The number of ether oxygens (including phenoxy) is 1. The lowest BCUT2D eigenvalue weighted by Gasteiger charge is -2.37. The van der Waals surface area contributed by atoms with E-state index in [1.165, 1.54) is 0 Å². The normalized spacial score (nSPS) is 22.8. The van der Waals surface area contributed by atoms with Crippen LogP contribution in [0.5, 0.6) is 5.75 Å². The van der Waals surface area contributed by atoms with Gasteiger partial charge in [0, 0.05) is 36.0 Å². The van der Waals surface area contributed by atoms with Gasteiger partial charge < -0.3 is 14.2 Å². The molecule has 2 aromatic heterocycles. The third-order valence-electron chi connectivity index (χ3n) is 6.10. The van der Waals surface area contributed by atoms with Gasteiger partial charge in [-0.05, 0) is 62.4 Å². The monoisotopic (exact) mass is 404 g/mol. The van der Waals surface area contributed by atoms with Crippen LogP contribution < -0.4 is 4.74 Å². The van der Waals surface area contributed by atoms with E-state index in [4.69, 9.17) is 9.26 Å². The van der Waals surface area contributed by atoms with Crippen molar-refractivity contribution in [3.05, 3.63) is 60.2 Å². The minimum atomic E-state index is 0.0606. The molecule has 0 spiro atoms. The first-order chi connectivity index (χ1) is 14.7. The molecule has 0 N–H and O–H groups in total. The number of rotatable bonds is 5. The van der Waals surface area contributed by atoms with E-state index in [-0.39, 0.29) is 30.5 Å². The van der Waals surface area contributed by atoms with Crippen LogP contribution in [-0.4, -0.2) is 44.6 Å². The molecule has 7 nitrogen and oxygen atoms in total. The molecule has 2 aliphatic heterocycles. The van der Waals surface area contributed by atoms with Crippen LogP contribution in [0.3, 0.4) is 0 Å². The van der Waals surface area contributed by atoms with Crippen molar-refractivity contribution < 1.29 is 14.1 Å². The Hall–Kier alpha value is -3.22. The van der Waals surface area contributed by atoms with Gasteiger partial charge in [-0.25, -0.2) is 0 Å². The first kappa shape index (κ1) is 18.8. The van der Waals surface area contributed by atoms with Crippen LogP contribution >= 0.6 is 0 Å². The summed E-state index contributed by atoms with van der Waals surface area (Å²) in [5, 5.41) is 4.14. The van der Waals surface area contributed by atoms with Crippen LogP contribution in [0.2, 0.25) is 0 Å². The number of benzene rings is 1. The number of hydrogen-bond donors (Lipinski definition) is 0. The molecule has 2 fully saturated rings. The van der Waals surface area contributed by atoms with Crippen molar-refractivity contribution >= 4 is 5.91 Å². The molecule has 1 aromatic carbocycles. The van der Waals surface area contributed by atoms with Crippen LogP contribution in [-0.2, 0) is 4.79 Å². The molecule has 1 unspecified atom stereocenters. The van der Waals surface area contributed by atoms with Gasteiger partial charge in [-0.15, -0.1) is 0 Å². The molecule has 2 aliphatic rings. The summed E-state index contributed by atoms with van der Waals surface area (Å²) in [6.07, 6.45) is 7.17. The van der Waals surface area contributed by atoms with E-state index in [0.717, 1.165) is 42.6 Å². The number of hydrogen-bond acceptors (Lipinski definition) is 6. The second-order valence-corrected chi connectivity index (χ2v) is 8.15. The van der Waals surface area contributed by atoms with Gasteiger partial charge in [0.2, 0.25) is 11.7 Å². The van der Waals surface area contributed by atoms with Crippen molar-refractivity contribution in [3.8, 4) is 17.1 Å². The molecular weight excluding hydrogens is 380 g/mol. The number of aryl methyl sites for hydroxylation is 1. The maximum atomic E-state index is 12.9. The molecule has 4 heterocycles. The molecule has 30 heavy (non-hydrogen) atoms. The highest BCUT2D eigenvalue weighted by molar-refractivity contribution is 5.79. The smallest absolute Gasteiger partial charge is 0.261 e. The Bertz CT molecular complexity index is 1020. The summed E-state index contributed by atoms with van der Waals surface area (Å²) >= 11 is 0. The fourth-order valence-electron chi connectivity index (χ4n) is 4.73. The summed E-state index contributed by atoms with van der Waals surface area (Å²) in [6, 6.07) is 11.9. The number of pyridine rings is 1. The van der Waals surface area contributed by atoms with Gasteiger partial charge in [-0.2, -0.15) is 4.98 Å². The third kappa shape index (κ3) is 3.67. The average molecular weight is 404 g/mol. The second kappa shape index (κ2) is 7.89. The van der Waals surface area contributed by atoms with Crippen molar-refractivity contribution in [3.63, 3.8) is 0 Å². The van der Waals surface area contributed by atoms with Gasteiger partial charge in [0.05, 0.1) is 0 Å². The lowest BCUT2D eigenvalue weighted by Crippen LogP contribution is -2.48. The Morgan fingerprint density at radius 1 is 1.17 bits per heavy atom. The molecule has 154 valence electrons. The predicted molar refractivity (Wildman–Crippen MR) is 110 cm³/mol. The van der Waals surface area contributed by atoms with Crippen LogP contribution in [0, 0.1) is 6.92 Å². The fourth-order valence-corrected chi connectivity index (χ4v) is 4.73. The number of piperidine rings is 1.